The normalized spacial score (nSPS) is 11.9. The summed E-state index contributed by atoms with van der Waals surface area (Å²) in [6.07, 6.45) is -0.430. The Labute approximate surface area is 138 Å². The SMILES string of the molecule is C[C@@H](Oc1ccc(CC(=O)O)cc1)c1nc(-c2ccccc2)no1. The third-order valence-corrected chi connectivity index (χ3v) is 3.41. The van der Waals surface area contributed by atoms with Crippen LogP contribution in [0.3, 0.4) is 0 Å². The predicted octanol–water partition coefficient (Wildman–Crippen LogP) is 3.50. The van der Waals surface area contributed by atoms with Crippen molar-refractivity contribution in [2.24, 2.45) is 0 Å². The molecule has 1 aromatic heterocycles. The fraction of sp³-hybridized carbons (Fsp3) is 0.167. The molecule has 1 atom stereocenters. The molecule has 0 saturated heterocycles. The molecule has 3 aromatic rings. The van der Waals surface area contributed by atoms with Crippen LogP contribution in [0.2, 0.25) is 0 Å². The summed E-state index contributed by atoms with van der Waals surface area (Å²) in [5.74, 6) is 0.633. The Bertz CT molecular complexity index is 813. The first kappa shape index (κ1) is 15.7. The summed E-state index contributed by atoms with van der Waals surface area (Å²) in [5.41, 5.74) is 1.59. The zero-order valence-electron chi connectivity index (χ0n) is 13.0. The van der Waals surface area contributed by atoms with Gasteiger partial charge in [-0.3, -0.25) is 4.79 Å². The van der Waals surface area contributed by atoms with Crippen LogP contribution in [0.4, 0.5) is 0 Å². The number of ether oxygens (including phenoxy) is 1. The lowest BCUT2D eigenvalue weighted by molar-refractivity contribution is -0.136. The van der Waals surface area contributed by atoms with Gasteiger partial charge in [0.2, 0.25) is 5.82 Å². The molecular formula is C18H16N2O4. The number of carboxylic acids is 1. The number of aliphatic carboxylic acids is 1. The third kappa shape index (κ3) is 3.78. The van der Waals surface area contributed by atoms with E-state index in [4.69, 9.17) is 14.4 Å². The Morgan fingerprint density at radius 1 is 1.17 bits per heavy atom. The van der Waals surface area contributed by atoms with Crippen molar-refractivity contribution in [3.05, 3.63) is 66.1 Å². The number of hydrogen-bond acceptors (Lipinski definition) is 5. The second kappa shape index (κ2) is 6.95. The number of rotatable bonds is 6. The van der Waals surface area contributed by atoms with Gasteiger partial charge in [0, 0.05) is 5.56 Å². The highest BCUT2D eigenvalue weighted by Gasteiger charge is 2.16. The molecule has 1 N–H and O–H groups in total. The van der Waals surface area contributed by atoms with Crippen molar-refractivity contribution in [2.75, 3.05) is 0 Å². The molecule has 0 radical (unpaired) electrons. The topological polar surface area (TPSA) is 85.5 Å². The van der Waals surface area contributed by atoms with Gasteiger partial charge in [0.05, 0.1) is 6.42 Å². The minimum absolute atomic E-state index is 0.0140. The lowest BCUT2D eigenvalue weighted by Gasteiger charge is -2.10. The van der Waals surface area contributed by atoms with Crippen LogP contribution in [0, 0.1) is 0 Å². The van der Waals surface area contributed by atoms with E-state index in [1.165, 1.54) is 0 Å². The zero-order chi connectivity index (χ0) is 16.9. The van der Waals surface area contributed by atoms with Crippen molar-refractivity contribution in [1.29, 1.82) is 0 Å². The van der Waals surface area contributed by atoms with Crippen LogP contribution in [-0.4, -0.2) is 21.2 Å². The summed E-state index contributed by atoms with van der Waals surface area (Å²) in [7, 11) is 0. The molecule has 3 rings (SSSR count). The van der Waals surface area contributed by atoms with E-state index in [1.54, 1.807) is 24.3 Å². The van der Waals surface area contributed by atoms with Gasteiger partial charge in [0.25, 0.3) is 5.89 Å². The maximum atomic E-state index is 10.7. The van der Waals surface area contributed by atoms with Crippen LogP contribution in [0.5, 0.6) is 5.75 Å². The van der Waals surface area contributed by atoms with Crippen molar-refractivity contribution in [3.63, 3.8) is 0 Å². The van der Waals surface area contributed by atoms with E-state index in [0.717, 1.165) is 5.56 Å². The molecule has 24 heavy (non-hydrogen) atoms. The van der Waals surface area contributed by atoms with E-state index >= 15 is 0 Å². The highest BCUT2D eigenvalue weighted by Crippen LogP contribution is 2.23. The van der Waals surface area contributed by atoms with Crippen LogP contribution in [0.25, 0.3) is 11.4 Å². The second-order valence-electron chi connectivity index (χ2n) is 5.30. The van der Waals surface area contributed by atoms with Gasteiger partial charge in [-0.05, 0) is 24.6 Å². The van der Waals surface area contributed by atoms with Crippen molar-refractivity contribution in [2.45, 2.75) is 19.4 Å². The number of benzene rings is 2. The summed E-state index contributed by atoms with van der Waals surface area (Å²) in [6, 6.07) is 16.4. The van der Waals surface area contributed by atoms with Gasteiger partial charge in [-0.1, -0.05) is 47.6 Å². The summed E-state index contributed by atoms with van der Waals surface area (Å²) in [5, 5.41) is 12.7. The van der Waals surface area contributed by atoms with Gasteiger partial charge in [-0.15, -0.1) is 0 Å². The quantitative estimate of drug-likeness (QED) is 0.747. The van der Waals surface area contributed by atoms with Crippen LogP contribution < -0.4 is 4.74 Å². The Kier molecular flexibility index (Phi) is 4.56. The molecule has 0 aliphatic carbocycles. The first-order valence-corrected chi connectivity index (χ1v) is 7.48. The number of hydrogen-bond donors (Lipinski definition) is 1. The van der Waals surface area contributed by atoms with E-state index in [0.29, 0.717) is 23.0 Å². The van der Waals surface area contributed by atoms with Crippen LogP contribution in [0.15, 0.2) is 59.1 Å². The Morgan fingerprint density at radius 2 is 1.88 bits per heavy atom. The van der Waals surface area contributed by atoms with Gasteiger partial charge in [-0.25, -0.2) is 0 Å². The van der Waals surface area contributed by atoms with Gasteiger partial charge in [-0.2, -0.15) is 4.98 Å². The number of aromatic nitrogens is 2. The van der Waals surface area contributed by atoms with E-state index in [1.807, 2.05) is 37.3 Å². The van der Waals surface area contributed by atoms with E-state index in [-0.39, 0.29) is 6.42 Å². The molecule has 0 fully saturated rings. The first-order chi connectivity index (χ1) is 11.6. The van der Waals surface area contributed by atoms with Gasteiger partial charge >= 0.3 is 5.97 Å². The Hall–Kier alpha value is -3.15. The van der Waals surface area contributed by atoms with E-state index in [9.17, 15) is 4.79 Å². The largest absolute Gasteiger partial charge is 0.481 e. The molecule has 0 spiro atoms. The van der Waals surface area contributed by atoms with E-state index in [2.05, 4.69) is 10.1 Å². The van der Waals surface area contributed by atoms with Crippen molar-refractivity contribution in [1.82, 2.24) is 10.1 Å². The molecule has 6 nitrogen and oxygen atoms in total. The molecule has 0 aliphatic heterocycles. The summed E-state index contributed by atoms with van der Waals surface area (Å²) in [6.45, 7) is 1.81. The fourth-order valence-corrected chi connectivity index (χ4v) is 2.22. The van der Waals surface area contributed by atoms with Crippen LogP contribution >= 0.6 is 0 Å². The van der Waals surface area contributed by atoms with Gasteiger partial charge in [0.1, 0.15) is 5.75 Å². The monoisotopic (exact) mass is 324 g/mol. The molecule has 0 bridgehead atoms. The second-order valence-corrected chi connectivity index (χ2v) is 5.30. The number of carboxylic acid groups (broad SMARTS) is 1. The maximum absolute atomic E-state index is 10.7. The molecular weight excluding hydrogens is 308 g/mol. The van der Waals surface area contributed by atoms with E-state index < -0.39 is 12.1 Å². The fourth-order valence-electron chi connectivity index (χ4n) is 2.22. The van der Waals surface area contributed by atoms with Crippen molar-refractivity contribution >= 4 is 5.97 Å². The van der Waals surface area contributed by atoms with Gasteiger partial charge < -0.3 is 14.4 Å². The molecule has 1 heterocycles. The third-order valence-electron chi connectivity index (χ3n) is 3.41. The molecule has 6 heteroatoms. The van der Waals surface area contributed by atoms with Crippen LogP contribution in [-0.2, 0) is 11.2 Å². The molecule has 0 unspecified atom stereocenters. The minimum atomic E-state index is -0.865. The minimum Gasteiger partial charge on any atom is -0.481 e. The lowest BCUT2D eigenvalue weighted by atomic mass is 10.1. The first-order valence-electron chi connectivity index (χ1n) is 7.48. The zero-order valence-corrected chi connectivity index (χ0v) is 13.0. The van der Waals surface area contributed by atoms with Crippen molar-refractivity contribution in [3.8, 4) is 17.1 Å². The summed E-state index contributed by atoms with van der Waals surface area (Å²) >= 11 is 0. The number of nitrogens with zero attached hydrogens (tertiary/aromatic N) is 2. The molecule has 0 aliphatic rings. The maximum Gasteiger partial charge on any atom is 0.307 e. The Morgan fingerprint density at radius 3 is 2.54 bits per heavy atom. The standard InChI is InChI=1S/C18H16N2O4/c1-12(23-15-9-7-13(8-10-15)11-16(21)22)18-19-17(20-24-18)14-5-3-2-4-6-14/h2-10,12H,11H2,1H3,(H,21,22)/t12-/m1/s1. The van der Waals surface area contributed by atoms with Crippen LogP contribution in [0.1, 0.15) is 24.5 Å². The predicted molar refractivity (Wildman–Crippen MR) is 86.6 cm³/mol. The smallest absolute Gasteiger partial charge is 0.307 e. The lowest BCUT2D eigenvalue weighted by Crippen LogP contribution is -2.04. The number of carbonyl (C=O) groups is 1. The molecule has 0 amide bonds. The summed E-state index contributed by atoms with van der Waals surface area (Å²) < 4.78 is 11.0. The highest BCUT2D eigenvalue weighted by molar-refractivity contribution is 5.70. The van der Waals surface area contributed by atoms with Crippen molar-refractivity contribution < 1.29 is 19.2 Å². The summed E-state index contributed by atoms with van der Waals surface area (Å²) in [4.78, 5) is 15.0. The highest BCUT2D eigenvalue weighted by atomic mass is 16.5. The van der Waals surface area contributed by atoms with Gasteiger partial charge in [0.15, 0.2) is 6.10 Å². The molecule has 0 saturated carbocycles. The Balaban J connectivity index is 1.68. The average molecular weight is 324 g/mol. The molecule has 2 aromatic carbocycles. The average Bonchev–Trinajstić information content (AvgIpc) is 3.07. The molecule has 122 valence electrons.